The van der Waals surface area contributed by atoms with Crippen molar-refractivity contribution in [3.8, 4) is 0 Å². The predicted octanol–water partition coefficient (Wildman–Crippen LogP) is 4.11. The summed E-state index contributed by atoms with van der Waals surface area (Å²) in [5.41, 5.74) is 1.10. The molecule has 7 nitrogen and oxygen atoms in total. The number of ether oxygens (including phenoxy) is 1. The first kappa shape index (κ1) is 22.4. The average Bonchev–Trinajstić information content (AvgIpc) is 3.30. The second-order valence-electron chi connectivity index (χ2n) is 6.47. The van der Waals surface area contributed by atoms with E-state index >= 15 is 0 Å². The number of halogens is 2. The Bertz CT molecular complexity index is 1060. The Morgan fingerprint density at radius 1 is 1.00 bits per heavy atom. The van der Waals surface area contributed by atoms with E-state index in [9.17, 15) is 14.4 Å². The van der Waals surface area contributed by atoms with Gasteiger partial charge in [-0.25, -0.2) is 4.79 Å². The molecule has 0 aliphatic carbocycles. The number of amides is 2. The third-order valence-corrected chi connectivity index (χ3v) is 4.73. The van der Waals surface area contributed by atoms with E-state index in [1.165, 1.54) is 24.5 Å². The zero-order chi connectivity index (χ0) is 22.2. The average molecular weight is 461 g/mol. The first-order chi connectivity index (χ1) is 14.9. The van der Waals surface area contributed by atoms with Gasteiger partial charge in [-0.3, -0.25) is 9.59 Å². The van der Waals surface area contributed by atoms with E-state index < -0.39 is 30.4 Å². The van der Waals surface area contributed by atoms with E-state index in [1.54, 1.807) is 12.1 Å². The van der Waals surface area contributed by atoms with Crippen molar-refractivity contribution in [2.75, 3.05) is 11.9 Å². The van der Waals surface area contributed by atoms with Crippen LogP contribution in [0.15, 0.2) is 71.3 Å². The molecule has 0 bridgehead atoms. The molecule has 0 aliphatic rings. The molecule has 1 unspecified atom stereocenters. The van der Waals surface area contributed by atoms with Gasteiger partial charge in [0.05, 0.1) is 17.0 Å². The van der Waals surface area contributed by atoms with E-state index in [-0.39, 0.29) is 17.2 Å². The molecule has 9 heteroatoms. The van der Waals surface area contributed by atoms with Crippen molar-refractivity contribution >= 4 is 46.7 Å². The molecule has 1 heterocycles. The van der Waals surface area contributed by atoms with Crippen LogP contribution in [-0.2, 0) is 20.7 Å². The fourth-order valence-electron chi connectivity index (χ4n) is 2.70. The van der Waals surface area contributed by atoms with Crippen LogP contribution in [0, 0.1) is 0 Å². The van der Waals surface area contributed by atoms with Crippen LogP contribution >= 0.6 is 23.2 Å². The van der Waals surface area contributed by atoms with Crippen LogP contribution in [0.1, 0.15) is 16.1 Å². The molecule has 1 aromatic heterocycles. The Morgan fingerprint density at radius 3 is 2.48 bits per heavy atom. The third-order valence-electron chi connectivity index (χ3n) is 4.17. The largest absolute Gasteiger partial charge is 0.459 e. The smallest absolute Gasteiger partial charge is 0.329 e. The summed E-state index contributed by atoms with van der Waals surface area (Å²) in [6.45, 7) is -0.566. The van der Waals surface area contributed by atoms with Crippen LogP contribution in [0.5, 0.6) is 0 Å². The lowest BCUT2D eigenvalue weighted by Gasteiger charge is -2.17. The summed E-state index contributed by atoms with van der Waals surface area (Å²) < 4.78 is 10.2. The molecular weight excluding hydrogens is 443 g/mol. The van der Waals surface area contributed by atoms with E-state index in [1.807, 2.05) is 30.3 Å². The van der Waals surface area contributed by atoms with Crippen molar-refractivity contribution in [1.29, 1.82) is 0 Å². The lowest BCUT2D eigenvalue weighted by Crippen LogP contribution is -2.44. The number of carbonyl (C=O) groups is 3. The highest BCUT2D eigenvalue weighted by Gasteiger charge is 2.25. The van der Waals surface area contributed by atoms with Crippen LogP contribution in [-0.4, -0.2) is 30.4 Å². The molecular formula is C22H18Cl2N2O5. The number of nitrogens with one attached hydrogen (secondary N) is 2. The highest BCUT2D eigenvalue weighted by molar-refractivity contribution is 6.35. The predicted molar refractivity (Wildman–Crippen MR) is 116 cm³/mol. The first-order valence-electron chi connectivity index (χ1n) is 9.22. The van der Waals surface area contributed by atoms with Gasteiger partial charge in [-0.15, -0.1) is 0 Å². The van der Waals surface area contributed by atoms with Crippen LogP contribution in [0.3, 0.4) is 0 Å². The maximum Gasteiger partial charge on any atom is 0.329 e. The number of carbonyl (C=O) groups excluding carboxylic acids is 3. The number of hydrogen-bond acceptors (Lipinski definition) is 5. The molecule has 160 valence electrons. The van der Waals surface area contributed by atoms with Gasteiger partial charge >= 0.3 is 5.97 Å². The Labute approximate surface area is 188 Å². The van der Waals surface area contributed by atoms with Gasteiger partial charge in [0.25, 0.3) is 11.8 Å². The van der Waals surface area contributed by atoms with Crippen LogP contribution in [0.2, 0.25) is 10.0 Å². The molecule has 2 amide bonds. The molecule has 0 radical (unpaired) electrons. The zero-order valence-electron chi connectivity index (χ0n) is 16.1. The molecule has 1 atom stereocenters. The molecule has 0 saturated heterocycles. The van der Waals surface area contributed by atoms with Gasteiger partial charge in [0.2, 0.25) is 0 Å². The highest BCUT2D eigenvalue weighted by atomic mass is 35.5. The number of esters is 1. The van der Waals surface area contributed by atoms with E-state index in [0.29, 0.717) is 10.7 Å². The Hall–Kier alpha value is -3.29. The minimum Gasteiger partial charge on any atom is -0.459 e. The summed E-state index contributed by atoms with van der Waals surface area (Å²) in [5.74, 6) is -1.89. The van der Waals surface area contributed by atoms with Gasteiger partial charge in [0.15, 0.2) is 12.4 Å². The standard InChI is InChI=1S/C22H18Cl2N2O5/c23-15-8-9-16(24)17(12-15)25-20(27)13-31-22(29)18(11-14-5-2-1-3-6-14)26-21(28)19-7-4-10-30-19/h1-10,12,18H,11,13H2,(H,25,27)(H,26,28). The fourth-order valence-corrected chi connectivity index (χ4v) is 3.03. The van der Waals surface area contributed by atoms with Gasteiger partial charge in [0, 0.05) is 11.4 Å². The van der Waals surface area contributed by atoms with Crippen molar-refractivity contribution in [2.45, 2.75) is 12.5 Å². The van der Waals surface area contributed by atoms with Gasteiger partial charge in [-0.2, -0.15) is 0 Å². The maximum absolute atomic E-state index is 12.6. The van der Waals surface area contributed by atoms with E-state index in [2.05, 4.69) is 10.6 Å². The number of anilines is 1. The van der Waals surface area contributed by atoms with Gasteiger partial charge in [-0.05, 0) is 35.9 Å². The molecule has 0 aliphatic heterocycles. The molecule has 2 N–H and O–H groups in total. The van der Waals surface area contributed by atoms with Crippen molar-refractivity contribution in [1.82, 2.24) is 5.32 Å². The number of benzene rings is 2. The van der Waals surface area contributed by atoms with Crippen LogP contribution in [0.25, 0.3) is 0 Å². The lowest BCUT2D eigenvalue weighted by atomic mass is 10.1. The maximum atomic E-state index is 12.6. The SMILES string of the molecule is O=C(COC(=O)C(Cc1ccccc1)NC(=O)c1ccco1)Nc1cc(Cl)ccc1Cl. The number of rotatable bonds is 8. The number of furan rings is 1. The molecule has 2 aromatic carbocycles. The summed E-state index contributed by atoms with van der Waals surface area (Å²) in [4.78, 5) is 37.2. The van der Waals surface area contributed by atoms with Gasteiger partial charge in [-0.1, -0.05) is 53.5 Å². The molecule has 0 fully saturated rings. The second-order valence-corrected chi connectivity index (χ2v) is 7.32. The number of hydrogen-bond donors (Lipinski definition) is 2. The molecule has 31 heavy (non-hydrogen) atoms. The van der Waals surface area contributed by atoms with Crippen LogP contribution < -0.4 is 10.6 Å². The first-order valence-corrected chi connectivity index (χ1v) is 9.98. The highest BCUT2D eigenvalue weighted by Crippen LogP contribution is 2.25. The molecule has 0 saturated carbocycles. The molecule has 3 rings (SSSR count). The Morgan fingerprint density at radius 2 is 1.77 bits per heavy atom. The summed E-state index contributed by atoms with van der Waals surface area (Å²) >= 11 is 11.9. The normalized spacial score (nSPS) is 11.4. The summed E-state index contributed by atoms with van der Waals surface area (Å²) in [6, 6.07) is 15.7. The van der Waals surface area contributed by atoms with Crippen molar-refractivity contribution < 1.29 is 23.5 Å². The van der Waals surface area contributed by atoms with Crippen molar-refractivity contribution in [2.24, 2.45) is 0 Å². The van der Waals surface area contributed by atoms with Crippen LogP contribution in [0.4, 0.5) is 5.69 Å². The zero-order valence-corrected chi connectivity index (χ0v) is 17.7. The molecule has 3 aromatic rings. The minimum absolute atomic E-state index is 0.0548. The monoisotopic (exact) mass is 460 g/mol. The van der Waals surface area contributed by atoms with Gasteiger partial charge in [0.1, 0.15) is 6.04 Å². The second kappa shape index (κ2) is 10.7. The van der Waals surface area contributed by atoms with E-state index in [4.69, 9.17) is 32.4 Å². The van der Waals surface area contributed by atoms with Crippen molar-refractivity contribution in [3.05, 3.63) is 88.3 Å². The third kappa shape index (κ3) is 6.60. The quantitative estimate of drug-likeness (QED) is 0.492. The summed E-state index contributed by atoms with van der Waals surface area (Å²) in [5, 5.41) is 5.78. The lowest BCUT2D eigenvalue weighted by molar-refractivity contribution is -0.149. The van der Waals surface area contributed by atoms with E-state index in [0.717, 1.165) is 5.56 Å². The topological polar surface area (TPSA) is 97.6 Å². The minimum atomic E-state index is -1.03. The fraction of sp³-hybridized carbons (Fsp3) is 0.136. The summed E-state index contributed by atoms with van der Waals surface area (Å²) in [7, 11) is 0. The molecule has 0 spiro atoms. The summed E-state index contributed by atoms with van der Waals surface area (Å²) in [6.07, 6.45) is 1.53. The Kier molecular flexibility index (Phi) is 7.70. The Balaban J connectivity index is 1.63. The van der Waals surface area contributed by atoms with Crippen molar-refractivity contribution in [3.63, 3.8) is 0 Å². The van der Waals surface area contributed by atoms with Gasteiger partial charge < -0.3 is 19.8 Å².